The molecule has 4 rings (SSSR count). The van der Waals surface area contributed by atoms with Crippen LogP contribution in [0.25, 0.3) is 0 Å². The number of nitrogens with zero attached hydrogens (tertiary/aromatic N) is 2. The van der Waals surface area contributed by atoms with Crippen LogP contribution in [0.15, 0.2) is 30.3 Å². The third-order valence-corrected chi connectivity index (χ3v) is 3.99. The van der Waals surface area contributed by atoms with Crippen LogP contribution in [0.1, 0.15) is 6.92 Å². The Morgan fingerprint density at radius 3 is 2.88 bits per heavy atom. The molecule has 2 amide bonds. The van der Waals surface area contributed by atoms with Gasteiger partial charge < -0.3 is 25.3 Å². The van der Waals surface area contributed by atoms with Crippen LogP contribution < -0.4 is 30.2 Å². The third kappa shape index (κ3) is 2.83. The van der Waals surface area contributed by atoms with Gasteiger partial charge in [0.1, 0.15) is 12.4 Å². The first kappa shape index (κ1) is 16.0. The van der Waals surface area contributed by atoms with Gasteiger partial charge in [-0.05, 0) is 31.2 Å². The van der Waals surface area contributed by atoms with Gasteiger partial charge in [0.05, 0.1) is 0 Å². The highest BCUT2D eigenvalue weighted by atomic mass is 16.7. The summed E-state index contributed by atoms with van der Waals surface area (Å²) in [6, 6.07) is 8.26. The predicted octanol–water partition coefficient (Wildman–Crippen LogP) is 1.15. The summed E-state index contributed by atoms with van der Waals surface area (Å²) < 4.78 is 16.0. The van der Waals surface area contributed by atoms with Gasteiger partial charge in [0.25, 0.3) is 5.91 Å². The van der Waals surface area contributed by atoms with Crippen molar-refractivity contribution in [3.8, 4) is 17.2 Å². The van der Waals surface area contributed by atoms with Gasteiger partial charge in [0.2, 0.25) is 12.7 Å². The van der Waals surface area contributed by atoms with Gasteiger partial charge in [-0.25, -0.2) is 4.98 Å². The molecular weight excluding hydrogens is 340 g/mol. The predicted molar refractivity (Wildman–Crippen MR) is 92.3 cm³/mol. The van der Waals surface area contributed by atoms with Gasteiger partial charge in [-0.3, -0.25) is 14.5 Å². The summed E-state index contributed by atoms with van der Waals surface area (Å²) in [7, 11) is 0. The number of fused-ring (bicyclic) bond motifs is 2. The summed E-state index contributed by atoms with van der Waals surface area (Å²) in [4.78, 5) is 30.3. The minimum absolute atomic E-state index is 0.150. The van der Waals surface area contributed by atoms with Crippen molar-refractivity contribution in [2.24, 2.45) is 0 Å². The van der Waals surface area contributed by atoms with E-state index in [1.54, 1.807) is 37.3 Å². The number of benzene rings is 1. The van der Waals surface area contributed by atoms with E-state index >= 15 is 0 Å². The molecule has 0 aliphatic carbocycles. The Kier molecular flexibility index (Phi) is 3.76. The second-order valence-corrected chi connectivity index (χ2v) is 5.86. The molecule has 0 radical (unpaired) electrons. The lowest BCUT2D eigenvalue weighted by Gasteiger charge is -2.31. The van der Waals surface area contributed by atoms with Crippen LogP contribution in [0.5, 0.6) is 17.2 Å². The summed E-state index contributed by atoms with van der Waals surface area (Å²) in [5.41, 5.74) is 6.24. The Balaban J connectivity index is 1.53. The van der Waals surface area contributed by atoms with E-state index in [2.05, 4.69) is 10.3 Å². The van der Waals surface area contributed by atoms with E-state index in [0.29, 0.717) is 22.9 Å². The van der Waals surface area contributed by atoms with Crippen molar-refractivity contribution >= 4 is 29.1 Å². The number of nitrogens with two attached hydrogens (primary N) is 1. The molecule has 0 spiro atoms. The Bertz CT molecular complexity index is 901. The zero-order chi connectivity index (χ0) is 18.3. The SMILES string of the molecule is CC1Oc2ccc(N)nc2N(CC(=O)Nc2ccc3c(c2)OCO3)C1=O. The number of nitrogens with one attached hydrogen (secondary N) is 1. The van der Waals surface area contributed by atoms with Crippen LogP contribution >= 0.6 is 0 Å². The Morgan fingerprint density at radius 1 is 1.27 bits per heavy atom. The number of carbonyl (C=O) groups is 2. The second-order valence-electron chi connectivity index (χ2n) is 5.86. The molecule has 9 heteroatoms. The first-order valence-electron chi connectivity index (χ1n) is 7.95. The standard InChI is InChI=1S/C17H16N4O5/c1-9-17(23)21(16-12(26-9)4-5-14(18)20-16)7-15(22)19-10-2-3-11-13(6-10)25-8-24-11/h2-6,9H,7-8H2,1H3,(H2,18,20)(H,19,22). The van der Waals surface area contributed by atoms with E-state index < -0.39 is 6.10 Å². The quantitative estimate of drug-likeness (QED) is 0.847. The highest BCUT2D eigenvalue weighted by Gasteiger charge is 2.34. The lowest BCUT2D eigenvalue weighted by atomic mass is 10.2. The van der Waals surface area contributed by atoms with E-state index in [0.717, 1.165) is 0 Å². The Morgan fingerprint density at radius 2 is 2.04 bits per heavy atom. The molecule has 2 aromatic rings. The molecule has 0 saturated heterocycles. The molecule has 1 aromatic carbocycles. The van der Waals surface area contributed by atoms with E-state index in [-0.39, 0.29) is 36.8 Å². The van der Waals surface area contributed by atoms with Gasteiger partial charge in [0.15, 0.2) is 29.2 Å². The highest BCUT2D eigenvalue weighted by Crippen LogP contribution is 2.35. The number of carbonyl (C=O) groups excluding carboxylic acids is 2. The zero-order valence-corrected chi connectivity index (χ0v) is 13.9. The Hall–Kier alpha value is -3.49. The van der Waals surface area contributed by atoms with Crippen molar-refractivity contribution in [3.05, 3.63) is 30.3 Å². The molecular formula is C17H16N4O5. The number of anilines is 3. The van der Waals surface area contributed by atoms with Crippen molar-refractivity contribution in [3.63, 3.8) is 0 Å². The first-order valence-corrected chi connectivity index (χ1v) is 7.95. The summed E-state index contributed by atoms with van der Waals surface area (Å²) >= 11 is 0. The van der Waals surface area contributed by atoms with E-state index in [1.165, 1.54) is 4.90 Å². The summed E-state index contributed by atoms with van der Waals surface area (Å²) in [6.07, 6.45) is -0.716. The summed E-state index contributed by atoms with van der Waals surface area (Å²) in [5, 5.41) is 2.73. The normalized spacial score (nSPS) is 17.5. The lowest BCUT2D eigenvalue weighted by molar-refractivity contribution is -0.127. The lowest BCUT2D eigenvalue weighted by Crippen LogP contribution is -2.48. The highest BCUT2D eigenvalue weighted by molar-refractivity contribution is 6.05. The van der Waals surface area contributed by atoms with Crippen molar-refractivity contribution in [2.75, 3.05) is 29.3 Å². The van der Waals surface area contributed by atoms with E-state index in [9.17, 15) is 9.59 Å². The monoisotopic (exact) mass is 356 g/mol. The number of hydrogen-bond acceptors (Lipinski definition) is 7. The molecule has 0 bridgehead atoms. The van der Waals surface area contributed by atoms with Crippen molar-refractivity contribution in [2.45, 2.75) is 13.0 Å². The maximum absolute atomic E-state index is 12.5. The van der Waals surface area contributed by atoms with Crippen LogP contribution in [0.3, 0.4) is 0 Å². The van der Waals surface area contributed by atoms with Crippen LogP contribution in [0, 0.1) is 0 Å². The van der Waals surface area contributed by atoms with E-state index in [1.807, 2.05) is 0 Å². The number of hydrogen-bond donors (Lipinski definition) is 2. The van der Waals surface area contributed by atoms with E-state index in [4.69, 9.17) is 19.9 Å². The topological polar surface area (TPSA) is 116 Å². The molecule has 9 nitrogen and oxygen atoms in total. The summed E-state index contributed by atoms with van der Waals surface area (Å²) in [6.45, 7) is 1.55. The molecule has 1 atom stereocenters. The van der Waals surface area contributed by atoms with Crippen molar-refractivity contribution in [1.29, 1.82) is 0 Å². The van der Waals surface area contributed by atoms with Gasteiger partial charge in [-0.15, -0.1) is 0 Å². The largest absolute Gasteiger partial charge is 0.477 e. The second kappa shape index (κ2) is 6.10. The fraction of sp³-hybridized carbons (Fsp3) is 0.235. The van der Waals surface area contributed by atoms with Crippen LogP contribution in [-0.2, 0) is 9.59 Å². The molecule has 0 fully saturated rings. The molecule has 2 aliphatic rings. The molecule has 3 heterocycles. The third-order valence-electron chi connectivity index (χ3n) is 3.99. The van der Waals surface area contributed by atoms with Gasteiger partial charge in [-0.2, -0.15) is 0 Å². The molecule has 2 aliphatic heterocycles. The minimum atomic E-state index is -0.716. The number of amides is 2. The molecule has 0 saturated carbocycles. The van der Waals surface area contributed by atoms with Gasteiger partial charge in [0, 0.05) is 11.8 Å². The van der Waals surface area contributed by atoms with Crippen LogP contribution in [-0.4, -0.2) is 36.2 Å². The molecule has 3 N–H and O–H groups in total. The number of aromatic nitrogens is 1. The average Bonchev–Trinajstić information content (AvgIpc) is 3.07. The van der Waals surface area contributed by atoms with Crippen molar-refractivity contribution in [1.82, 2.24) is 4.98 Å². The fourth-order valence-corrected chi connectivity index (χ4v) is 2.77. The average molecular weight is 356 g/mol. The number of pyridine rings is 1. The number of rotatable bonds is 3. The maximum Gasteiger partial charge on any atom is 0.269 e. The van der Waals surface area contributed by atoms with Gasteiger partial charge >= 0.3 is 0 Å². The maximum atomic E-state index is 12.5. The first-order chi connectivity index (χ1) is 12.5. The molecule has 26 heavy (non-hydrogen) atoms. The molecule has 1 aromatic heterocycles. The smallest absolute Gasteiger partial charge is 0.269 e. The number of ether oxygens (including phenoxy) is 3. The minimum Gasteiger partial charge on any atom is -0.477 e. The van der Waals surface area contributed by atoms with Crippen LogP contribution in [0.2, 0.25) is 0 Å². The summed E-state index contributed by atoms with van der Waals surface area (Å²) in [5.74, 6) is 1.29. The molecule has 1 unspecified atom stereocenters. The number of nitrogen functional groups attached to an aromatic ring is 1. The fourth-order valence-electron chi connectivity index (χ4n) is 2.77. The van der Waals surface area contributed by atoms with Crippen molar-refractivity contribution < 1.29 is 23.8 Å². The zero-order valence-electron chi connectivity index (χ0n) is 13.9. The van der Waals surface area contributed by atoms with Crippen LogP contribution in [0.4, 0.5) is 17.3 Å². The van der Waals surface area contributed by atoms with Gasteiger partial charge in [-0.1, -0.05) is 0 Å². The molecule has 134 valence electrons. The Labute approximate surface area is 148 Å².